The summed E-state index contributed by atoms with van der Waals surface area (Å²) < 4.78 is 25.2. The van der Waals surface area contributed by atoms with Crippen LogP contribution in [0.15, 0.2) is 23.8 Å². The van der Waals surface area contributed by atoms with Crippen molar-refractivity contribution in [2.24, 2.45) is 0 Å². The van der Waals surface area contributed by atoms with E-state index in [1.807, 2.05) is 41.5 Å². The van der Waals surface area contributed by atoms with Gasteiger partial charge in [0.05, 0.1) is 24.4 Å². The lowest BCUT2D eigenvalue weighted by atomic mass is 10.0. The molecule has 1 unspecified atom stereocenters. The molecule has 0 aliphatic carbocycles. The topological polar surface area (TPSA) is 38.7 Å². The lowest BCUT2D eigenvalue weighted by Gasteiger charge is -2.28. The highest BCUT2D eigenvalue weighted by Crippen LogP contribution is 2.21. The molecule has 0 bridgehead atoms. The Morgan fingerprint density at radius 2 is 1.71 bits per heavy atom. The van der Waals surface area contributed by atoms with Gasteiger partial charge in [-0.25, -0.2) is 4.39 Å². The standard InChI is InChI=1S/C17H31FO3/c1-12(10-19)14(11-20-16(3,4)5)9-15(13(2)18)21-17(6,7)8/h9,13,15,19H,1,10-11H2,2-8H3/b14-9+/t13-,15?/m0/s1. The van der Waals surface area contributed by atoms with Gasteiger partial charge < -0.3 is 14.6 Å². The van der Waals surface area contributed by atoms with E-state index in [9.17, 15) is 9.50 Å². The Balaban J connectivity index is 5.20. The van der Waals surface area contributed by atoms with Crippen LogP contribution >= 0.6 is 0 Å². The number of hydrogen-bond acceptors (Lipinski definition) is 3. The molecule has 0 fully saturated rings. The summed E-state index contributed by atoms with van der Waals surface area (Å²) in [6.45, 7) is 16.8. The minimum Gasteiger partial charge on any atom is -0.392 e. The van der Waals surface area contributed by atoms with Crippen molar-refractivity contribution in [2.45, 2.75) is 71.9 Å². The van der Waals surface area contributed by atoms with Crippen LogP contribution in [0.1, 0.15) is 48.5 Å². The molecule has 0 amide bonds. The first kappa shape index (κ1) is 20.3. The van der Waals surface area contributed by atoms with Crippen LogP contribution in [0.4, 0.5) is 4.39 Å². The first-order valence-corrected chi connectivity index (χ1v) is 7.31. The molecular formula is C17H31FO3. The summed E-state index contributed by atoms with van der Waals surface area (Å²) in [7, 11) is 0. The molecular weight excluding hydrogens is 271 g/mol. The smallest absolute Gasteiger partial charge is 0.127 e. The van der Waals surface area contributed by atoms with Gasteiger partial charge in [0.2, 0.25) is 0 Å². The quantitative estimate of drug-likeness (QED) is 0.727. The molecule has 0 aliphatic heterocycles. The second-order valence-corrected chi connectivity index (χ2v) is 7.23. The molecule has 0 aromatic carbocycles. The fourth-order valence-corrected chi connectivity index (χ4v) is 1.53. The molecule has 4 heteroatoms. The van der Waals surface area contributed by atoms with Crippen molar-refractivity contribution in [3.05, 3.63) is 23.8 Å². The van der Waals surface area contributed by atoms with Crippen molar-refractivity contribution in [3.63, 3.8) is 0 Å². The number of halogens is 1. The first-order chi connectivity index (χ1) is 9.35. The van der Waals surface area contributed by atoms with Gasteiger partial charge in [0.1, 0.15) is 12.3 Å². The van der Waals surface area contributed by atoms with Crippen molar-refractivity contribution in [2.75, 3.05) is 13.2 Å². The van der Waals surface area contributed by atoms with Crippen molar-refractivity contribution >= 4 is 0 Å². The van der Waals surface area contributed by atoms with E-state index in [1.54, 1.807) is 6.08 Å². The molecule has 0 aromatic rings. The fourth-order valence-electron chi connectivity index (χ4n) is 1.53. The molecule has 2 atom stereocenters. The number of aliphatic hydroxyl groups is 1. The van der Waals surface area contributed by atoms with Gasteiger partial charge in [-0.1, -0.05) is 6.58 Å². The highest BCUT2D eigenvalue weighted by molar-refractivity contribution is 5.30. The van der Waals surface area contributed by atoms with E-state index in [2.05, 4.69) is 6.58 Å². The van der Waals surface area contributed by atoms with Gasteiger partial charge >= 0.3 is 0 Å². The molecule has 0 radical (unpaired) electrons. The summed E-state index contributed by atoms with van der Waals surface area (Å²) in [6, 6.07) is 0. The highest BCUT2D eigenvalue weighted by atomic mass is 19.1. The summed E-state index contributed by atoms with van der Waals surface area (Å²) in [5, 5.41) is 9.29. The summed E-state index contributed by atoms with van der Waals surface area (Å²) in [5.74, 6) is 0. The van der Waals surface area contributed by atoms with Crippen LogP contribution in [0.3, 0.4) is 0 Å². The Bertz CT molecular complexity index is 359. The van der Waals surface area contributed by atoms with Crippen LogP contribution < -0.4 is 0 Å². The highest BCUT2D eigenvalue weighted by Gasteiger charge is 2.23. The maximum absolute atomic E-state index is 13.8. The molecule has 21 heavy (non-hydrogen) atoms. The van der Waals surface area contributed by atoms with Gasteiger partial charge in [-0.2, -0.15) is 0 Å². The van der Waals surface area contributed by atoms with E-state index in [0.717, 1.165) is 0 Å². The third-order valence-electron chi connectivity index (χ3n) is 2.61. The Morgan fingerprint density at radius 3 is 2.05 bits per heavy atom. The van der Waals surface area contributed by atoms with E-state index in [1.165, 1.54) is 6.92 Å². The van der Waals surface area contributed by atoms with Crippen LogP contribution in [0.25, 0.3) is 0 Å². The van der Waals surface area contributed by atoms with Crippen LogP contribution in [0.5, 0.6) is 0 Å². The lowest BCUT2D eigenvalue weighted by molar-refractivity contribution is -0.0657. The maximum atomic E-state index is 13.8. The van der Waals surface area contributed by atoms with Gasteiger partial charge in [0.15, 0.2) is 0 Å². The van der Waals surface area contributed by atoms with Crippen LogP contribution in [-0.4, -0.2) is 41.8 Å². The Morgan fingerprint density at radius 1 is 1.19 bits per heavy atom. The van der Waals surface area contributed by atoms with Crippen LogP contribution in [0, 0.1) is 0 Å². The second kappa shape index (κ2) is 8.06. The molecule has 0 aliphatic rings. The van der Waals surface area contributed by atoms with Gasteiger partial charge in [-0.3, -0.25) is 0 Å². The van der Waals surface area contributed by atoms with Gasteiger partial charge in [-0.15, -0.1) is 0 Å². The summed E-state index contributed by atoms with van der Waals surface area (Å²) >= 11 is 0. The Hall–Kier alpha value is -0.710. The zero-order valence-electron chi connectivity index (χ0n) is 14.5. The van der Waals surface area contributed by atoms with E-state index in [-0.39, 0.29) is 18.8 Å². The van der Waals surface area contributed by atoms with Crippen molar-refractivity contribution in [1.29, 1.82) is 0 Å². The molecule has 0 saturated carbocycles. The zero-order chi connectivity index (χ0) is 16.8. The third-order valence-corrected chi connectivity index (χ3v) is 2.61. The predicted molar refractivity (Wildman–Crippen MR) is 85.2 cm³/mol. The molecule has 3 nitrogen and oxygen atoms in total. The fraction of sp³-hybridized carbons (Fsp3) is 0.765. The monoisotopic (exact) mass is 302 g/mol. The number of ether oxygens (including phenoxy) is 2. The van der Waals surface area contributed by atoms with Crippen LogP contribution in [-0.2, 0) is 9.47 Å². The Labute approximate surface area is 128 Å². The van der Waals surface area contributed by atoms with E-state index < -0.39 is 17.9 Å². The van der Waals surface area contributed by atoms with Gasteiger partial charge in [-0.05, 0) is 65.7 Å². The van der Waals surface area contributed by atoms with Crippen LogP contribution in [0.2, 0.25) is 0 Å². The maximum Gasteiger partial charge on any atom is 0.127 e. The van der Waals surface area contributed by atoms with E-state index in [0.29, 0.717) is 11.1 Å². The molecule has 1 N–H and O–H groups in total. The molecule has 0 rings (SSSR count). The normalized spacial score (nSPS) is 16.7. The first-order valence-electron chi connectivity index (χ1n) is 7.31. The minimum absolute atomic E-state index is 0.192. The zero-order valence-corrected chi connectivity index (χ0v) is 14.5. The number of alkyl halides is 1. The van der Waals surface area contributed by atoms with Gasteiger partial charge in [0, 0.05) is 0 Å². The summed E-state index contributed by atoms with van der Waals surface area (Å²) in [6.07, 6.45) is -0.201. The summed E-state index contributed by atoms with van der Waals surface area (Å²) in [5.41, 5.74) is 0.405. The number of hydrogen-bond donors (Lipinski definition) is 1. The SMILES string of the molecule is C=C(CO)/C(=C/C(OC(C)(C)C)[C@H](C)F)COC(C)(C)C. The van der Waals surface area contributed by atoms with E-state index >= 15 is 0 Å². The average Bonchev–Trinajstić information content (AvgIpc) is 2.29. The third kappa shape index (κ3) is 9.77. The van der Waals surface area contributed by atoms with Gasteiger partial charge in [0.25, 0.3) is 0 Å². The predicted octanol–water partition coefficient (Wildman–Crippen LogP) is 3.82. The van der Waals surface area contributed by atoms with Crippen molar-refractivity contribution < 1.29 is 19.0 Å². The molecule has 0 aromatic heterocycles. The average molecular weight is 302 g/mol. The second-order valence-electron chi connectivity index (χ2n) is 7.23. The minimum atomic E-state index is -1.17. The molecule has 124 valence electrons. The molecule has 0 spiro atoms. The largest absolute Gasteiger partial charge is 0.392 e. The van der Waals surface area contributed by atoms with E-state index in [4.69, 9.17) is 9.47 Å². The number of aliphatic hydroxyl groups excluding tert-OH is 1. The Kier molecular flexibility index (Phi) is 7.79. The molecule has 0 saturated heterocycles. The van der Waals surface area contributed by atoms with Crippen molar-refractivity contribution in [1.82, 2.24) is 0 Å². The summed E-state index contributed by atoms with van der Waals surface area (Å²) in [4.78, 5) is 0. The number of rotatable bonds is 7. The van der Waals surface area contributed by atoms with Crippen molar-refractivity contribution in [3.8, 4) is 0 Å². The molecule has 0 heterocycles. The lowest BCUT2D eigenvalue weighted by Crippen LogP contribution is -2.32.